The first-order valence-electron chi connectivity index (χ1n) is 6.77. The number of aromatic nitrogens is 1. The molecule has 2 N–H and O–H groups in total. The van der Waals surface area contributed by atoms with Gasteiger partial charge in [-0.05, 0) is 56.1 Å². The lowest BCUT2D eigenvalue weighted by Crippen LogP contribution is -2.02. The molecule has 20 heavy (non-hydrogen) atoms. The molecule has 0 aliphatic heterocycles. The molecule has 0 aliphatic rings. The molecule has 1 aromatic carbocycles. The number of hydrogen-bond acceptors (Lipinski definition) is 3. The van der Waals surface area contributed by atoms with E-state index in [4.69, 9.17) is 22.1 Å². The first kappa shape index (κ1) is 14.8. The SMILES string of the molecule is CCc1nc(C)ccc1Oc1ccc(CCN)cc1Cl. The minimum atomic E-state index is 0.596. The van der Waals surface area contributed by atoms with Gasteiger partial charge in [0.15, 0.2) is 0 Å². The average Bonchev–Trinajstić information content (AvgIpc) is 2.43. The molecule has 0 aliphatic carbocycles. The van der Waals surface area contributed by atoms with Gasteiger partial charge in [0.05, 0.1) is 10.7 Å². The second-order valence-electron chi connectivity index (χ2n) is 4.66. The van der Waals surface area contributed by atoms with Crippen LogP contribution in [0.25, 0.3) is 0 Å². The van der Waals surface area contributed by atoms with E-state index in [1.54, 1.807) is 0 Å². The first-order valence-corrected chi connectivity index (χ1v) is 7.14. The molecule has 4 heteroatoms. The molecule has 0 spiro atoms. The summed E-state index contributed by atoms with van der Waals surface area (Å²) in [5.41, 5.74) is 8.58. The Morgan fingerprint density at radius 3 is 2.60 bits per heavy atom. The highest BCUT2D eigenvalue weighted by atomic mass is 35.5. The highest BCUT2D eigenvalue weighted by molar-refractivity contribution is 6.32. The molecule has 0 amide bonds. The fourth-order valence-corrected chi connectivity index (χ4v) is 2.25. The molecular weight excluding hydrogens is 272 g/mol. The van der Waals surface area contributed by atoms with Crippen LogP contribution in [0.4, 0.5) is 0 Å². The van der Waals surface area contributed by atoms with Crippen molar-refractivity contribution in [3.8, 4) is 11.5 Å². The predicted molar refractivity (Wildman–Crippen MR) is 82.6 cm³/mol. The largest absolute Gasteiger partial charge is 0.454 e. The number of nitrogens with two attached hydrogens (primary N) is 1. The third-order valence-electron chi connectivity index (χ3n) is 3.06. The van der Waals surface area contributed by atoms with Gasteiger partial charge in [0.25, 0.3) is 0 Å². The molecule has 0 saturated heterocycles. The summed E-state index contributed by atoms with van der Waals surface area (Å²) >= 11 is 6.26. The number of nitrogens with zero attached hydrogens (tertiary/aromatic N) is 1. The third kappa shape index (κ3) is 3.50. The van der Waals surface area contributed by atoms with E-state index in [1.807, 2.05) is 37.3 Å². The maximum atomic E-state index is 6.26. The summed E-state index contributed by atoms with van der Waals surface area (Å²) < 4.78 is 5.89. The monoisotopic (exact) mass is 290 g/mol. The quantitative estimate of drug-likeness (QED) is 0.908. The van der Waals surface area contributed by atoms with Gasteiger partial charge in [-0.25, -0.2) is 0 Å². The molecule has 0 unspecified atom stereocenters. The van der Waals surface area contributed by atoms with Crippen LogP contribution >= 0.6 is 11.6 Å². The lowest BCUT2D eigenvalue weighted by Gasteiger charge is -2.12. The number of ether oxygens (including phenoxy) is 1. The van der Waals surface area contributed by atoms with Crippen LogP contribution in [0.3, 0.4) is 0 Å². The van der Waals surface area contributed by atoms with Crippen molar-refractivity contribution in [1.82, 2.24) is 4.98 Å². The van der Waals surface area contributed by atoms with Crippen molar-refractivity contribution >= 4 is 11.6 Å². The van der Waals surface area contributed by atoms with Crippen molar-refractivity contribution in [2.24, 2.45) is 5.73 Å². The first-order chi connectivity index (χ1) is 9.63. The molecule has 1 heterocycles. The van der Waals surface area contributed by atoms with E-state index < -0.39 is 0 Å². The van der Waals surface area contributed by atoms with Gasteiger partial charge in [-0.15, -0.1) is 0 Å². The van der Waals surface area contributed by atoms with E-state index in [2.05, 4.69) is 11.9 Å². The maximum absolute atomic E-state index is 6.26. The van der Waals surface area contributed by atoms with Gasteiger partial charge in [-0.2, -0.15) is 0 Å². The fourth-order valence-electron chi connectivity index (χ4n) is 2.01. The second-order valence-corrected chi connectivity index (χ2v) is 5.06. The number of rotatable bonds is 5. The van der Waals surface area contributed by atoms with E-state index in [0.29, 0.717) is 17.3 Å². The summed E-state index contributed by atoms with van der Waals surface area (Å²) in [7, 11) is 0. The predicted octanol–water partition coefficient (Wildman–Crippen LogP) is 3.90. The zero-order valence-corrected chi connectivity index (χ0v) is 12.6. The van der Waals surface area contributed by atoms with Crippen molar-refractivity contribution in [1.29, 1.82) is 0 Å². The summed E-state index contributed by atoms with van der Waals surface area (Å²) in [5.74, 6) is 1.40. The van der Waals surface area contributed by atoms with Crippen molar-refractivity contribution in [3.63, 3.8) is 0 Å². The highest BCUT2D eigenvalue weighted by Crippen LogP contribution is 2.31. The Labute approximate surface area is 124 Å². The second kappa shape index (κ2) is 6.73. The smallest absolute Gasteiger partial charge is 0.148 e. The number of aryl methyl sites for hydroxylation is 2. The van der Waals surface area contributed by atoms with E-state index in [9.17, 15) is 0 Å². The van der Waals surface area contributed by atoms with Gasteiger partial charge in [0, 0.05) is 5.69 Å². The van der Waals surface area contributed by atoms with Crippen LogP contribution in [0.15, 0.2) is 30.3 Å². The number of halogens is 1. The van der Waals surface area contributed by atoms with Crippen molar-refractivity contribution in [2.75, 3.05) is 6.54 Å². The zero-order valence-electron chi connectivity index (χ0n) is 11.8. The van der Waals surface area contributed by atoms with E-state index >= 15 is 0 Å². The Morgan fingerprint density at radius 2 is 1.95 bits per heavy atom. The van der Waals surface area contributed by atoms with E-state index in [-0.39, 0.29) is 0 Å². The molecular formula is C16H19ClN2O. The van der Waals surface area contributed by atoms with Crippen LogP contribution in [-0.4, -0.2) is 11.5 Å². The van der Waals surface area contributed by atoms with Crippen molar-refractivity contribution in [2.45, 2.75) is 26.7 Å². The topological polar surface area (TPSA) is 48.1 Å². The van der Waals surface area contributed by atoms with Gasteiger partial charge in [0.2, 0.25) is 0 Å². The Bertz CT molecular complexity index is 599. The molecule has 2 rings (SSSR count). The zero-order chi connectivity index (χ0) is 14.5. The molecule has 0 radical (unpaired) electrons. The van der Waals surface area contributed by atoms with E-state index in [0.717, 1.165) is 35.5 Å². The Kier molecular flexibility index (Phi) is 4.99. The molecule has 0 fully saturated rings. The number of hydrogen-bond donors (Lipinski definition) is 1. The van der Waals surface area contributed by atoms with Gasteiger partial charge < -0.3 is 10.5 Å². The van der Waals surface area contributed by atoms with Crippen molar-refractivity contribution in [3.05, 3.63) is 52.3 Å². The van der Waals surface area contributed by atoms with Crippen LogP contribution in [0.1, 0.15) is 23.9 Å². The fraction of sp³-hybridized carbons (Fsp3) is 0.312. The van der Waals surface area contributed by atoms with Crippen LogP contribution in [0.2, 0.25) is 5.02 Å². The van der Waals surface area contributed by atoms with E-state index in [1.165, 1.54) is 0 Å². The highest BCUT2D eigenvalue weighted by Gasteiger charge is 2.09. The molecule has 0 saturated carbocycles. The summed E-state index contributed by atoms with van der Waals surface area (Å²) in [4.78, 5) is 4.48. The summed E-state index contributed by atoms with van der Waals surface area (Å²) in [6.07, 6.45) is 1.63. The van der Waals surface area contributed by atoms with Crippen LogP contribution in [-0.2, 0) is 12.8 Å². The number of benzene rings is 1. The van der Waals surface area contributed by atoms with Gasteiger partial charge in [-0.3, -0.25) is 4.98 Å². The third-order valence-corrected chi connectivity index (χ3v) is 3.35. The van der Waals surface area contributed by atoms with Crippen LogP contribution in [0, 0.1) is 6.92 Å². The Balaban J connectivity index is 2.26. The minimum absolute atomic E-state index is 0.596. The molecule has 2 aromatic rings. The molecule has 106 valence electrons. The van der Waals surface area contributed by atoms with Crippen LogP contribution in [0.5, 0.6) is 11.5 Å². The normalized spacial score (nSPS) is 10.6. The lowest BCUT2D eigenvalue weighted by atomic mass is 10.1. The molecule has 0 atom stereocenters. The Hall–Kier alpha value is -1.58. The summed E-state index contributed by atoms with van der Waals surface area (Å²) in [5, 5.41) is 0.596. The van der Waals surface area contributed by atoms with Crippen LogP contribution < -0.4 is 10.5 Å². The molecule has 0 bridgehead atoms. The lowest BCUT2D eigenvalue weighted by molar-refractivity contribution is 0.473. The molecule has 1 aromatic heterocycles. The summed E-state index contributed by atoms with van der Waals surface area (Å²) in [6, 6.07) is 9.64. The maximum Gasteiger partial charge on any atom is 0.148 e. The van der Waals surface area contributed by atoms with Gasteiger partial charge >= 0.3 is 0 Å². The standard InChI is InChI=1S/C16H19ClN2O/c1-3-14-16(6-4-11(2)19-14)20-15-7-5-12(8-9-18)10-13(15)17/h4-7,10H,3,8-9,18H2,1-2H3. The minimum Gasteiger partial charge on any atom is -0.454 e. The Morgan fingerprint density at radius 1 is 1.20 bits per heavy atom. The number of pyridine rings is 1. The molecule has 3 nitrogen and oxygen atoms in total. The summed E-state index contributed by atoms with van der Waals surface area (Å²) in [6.45, 7) is 4.64. The van der Waals surface area contributed by atoms with Crippen molar-refractivity contribution < 1.29 is 4.74 Å². The van der Waals surface area contributed by atoms with Gasteiger partial charge in [-0.1, -0.05) is 24.6 Å². The average molecular weight is 291 g/mol. The van der Waals surface area contributed by atoms with Gasteiger partial charge in [0.1, 0.15) is 11.5 Å².